The summed E-state index contributed by atoms with van der Waals surface area (Å²) in [7, 11) is 1.68. The molecule has 0 unspecified atom stereocenters. The number of hydrogen-bond donors (Lipinski definition) is 1. The molecule has 0 radical (unpaired) electrons. The summed E-state index contributed by atoms with van der Waals surface area (Å²) in [5.74, 6) is 1.49. The number of nitrogens with two attached hydrogens (primary N) is 1. The van der Waals surface area contributed by atoms with Crippen molar-refractivity contribution in [2.45, 2.75) is 31.7 Å². The molecule has 0 aromatic carbocycles. The largest absolute Gasteiger partial charge is 0.481 e. The van der Waals surface area contributed by atoms with Crippen LogP contribution in [0.2, 0.25) is 0 Å². The van der Waals surface area contributed by atoms with Gasteiger partial charge in [-0.1, -0.05) is 6.42 Å². The average Bonchev–Trinajstić information content (AvgIpc) is 2.46. The summed E-state index contributed by atoms with van der Waals surface area (Å²) in [5.41, 5.74) is 6.67. The predicted molar refractivity (Wildman–Crippen MR) is 54.4 cm³/mol. The third kappa shape index (κ3) is 1.62. The first-order valence-corrected chi connectivity index (χ1v) is 5.17. The summed E-state index contributed by atoms with van der Waals surface area (Å²) in [6, 6.07) is 2.04. The monoisotopic (exact) mass is 195 g/mol. The molecule has 0 spiro atoms. The Labute approximate surface area is 84.0 Å². The molecule has 1 aromatic rings. The van der Waals surface area contributed by atoms with Gasteiger partial charge in [0.25, 0.3) is 0 Å². The molecule has 0 atom stereocenters. The van der Waals surface area contributed by atoms with Gasteiger partial charge in [0.05, 0.1) is 19.3 Å². The highest BCUT2D eigenvalue weighted by atomic mass is 16.5. The molecule has 1 heterocycles. The van der Waals surface area contributed by atoms with Crippen molar-refractivity contribution < 1.29 is 4.74 Å². The smallest absolute Gasteiger partial charge is 0.211 e. The van der Waals surface area contributed by atoms with E-state index in [1.54, 1.807) is 7.11 Å². The minimum atomic E-state index is 0.599. The van der Waals surface area contributed by atoms with Crippen LogP contribution < -0.4 is 10.5 Å². The number of nitrogens with zero attached hydrogens (tertiary/aromatic N) is 2. The second-order valence-electron chi connectivity index (χ2n) is 3.75. The molecule has 2 rings (SSSR count). The van der Waals surface area contributed by atoms with E-state index < -0.39 is 0 Å². The molecule has 0 amide bonds. The summed E-state index contributed by atoms with van der Waals surface area (Å²) < 4.78 is 7.10. The van der Waals surface area contributed by atoms with E-state index in [2.05, 4.69) is 5.10 Å². The van der Waals surface area contributed by atoms with E-state index in [1.807, 2.05) is 10.7 Å². The minimum Gasteiger partial charge on any atom is -0.481 e. The summed E-state index contributed by atoms with van der Waals surface area (Å²) >= 11 is 0. The normalized spacial score (nSPS) is 16.7. The van der Waals surface area contributed by atoms with Crippen LogP contribution in [-0.2, 0) is 6.54 Å². The lowest BCUT2D eigenvalue weighted by atomic mass is 9.83. The average molecular weight is 195 g/mol. The van der Waals surface area contributed by atoms with Crippen LogP contribution in [0.4, 0.5) is 0 Å². The number of hydrogen-bond acceptors (Lipinski definition) is 3. The molecule has 78 valence electrons. The molecule has 0 saturated heterocycles. The fraction of sp³-hybridized carbons (Fsp3) is 0.700. The Bertz CT molecular complexity index is 304. The van der Waals surface area contributed by atoms with E-state index in [0.29, 0.717) is 12.5 Å². The van der Waals surface area contributed by atoms with Crippen LogP contribution in [0.25, 0.3) is 0 Å². The van der Waals surface area contributed by atoms with Gasteiger partial charge in [0, 0.05) is 18.5 Å². The van der Waals surface area contributed by atoms with Crippen molar-refractivity contribution in [3.05, 3.63) is 11.8 Å². The molecule has 1 fully saturated rings. The maximum atomic E-state index is 5.50. The van der Waals surface area contributed by atoms with Crippen LogP contribution in [0.1, 0.15) is 30.9 Å². The first-order chi connectivity index (χ1) is 6.85. The Kier molecular flexibility index (Phi) is 2.72. The highest BCUT2D eigenvalue weighted by molar-refractivity contribution is 5.20. The lowest BCUT2D eigenvalue weighted by molar-refractivity contribution is 0.360. The molecule has 2 N–H and O–H groups in total. The van der Waals surface area contributed by atoms with Crippen LogP contribution >= 0.6 is 0 Å². The minimum absolute atomic E-state index is 0.599. The van der Waals surface area contributed by atoms with Crippen LogP contribution in [0, 0.1) is 0 Å². The topological polar surface area (TPSA) is 53.1 Å². The maximum Gasteiger partial charge on any atom is 0.211 e. The Morgan fingerprint density at radius 2 is 2.43 bits per heavy atom. The van der Waals surface area contributed by atoms with E-state index in [-0.39, 0.29) is 0 Å². The fourth-order valence-corrected chi connectivity index (χ4v) is 1.77. The highest BCUT2D eigenvalue weighted by Gasteiger charge is 2.23. The number of ether oxygens (including phenoxy) is 1. The molecule has 1 aromatic heterocycles. The molecule has 4 heteroatoms. The van der Waals surface area contributed by atoms with E-state index >= 15 is 0 Å². The van der Waals surface area contributed by atoms with Gasteiger partial charge in [-0.2, -0.15) is 5.10 Å². The second-order valence-corrected chi connectivity index (χ2v) is 3.75. The van der Waals surface area contributed by atoms with Crippen molar-refractivity contribution in [3.8, 4) is 5.88 Å². The summed E-state index contributed by atoms with van der Waals surface area (Å²) in [5, 5.41) is 4.50. The Hall–Kier alpha value is -1.03. The van der Waals surface area contributed by atoms with Crippen LogP contribution in [0.15, 0.2) is 6.07 Å². The van der Waals surface area contributed by atoms with Crippen molar-refractivity contribution in [1.82, 2.24) is 9.78 Å². The zero-order chi connectivity index (χ0) is 9.97. The SMILES string of the molecule is COc1cc(C2CCC2)nn1CCN. The number of rotatable bonds is 4. The van der Waals surface area contributed by atoms with Gasteiger partial charge >= 0.3 is 0 Å². The van der Waals surface area contributed by atoms with Crippen LogP contribution in [-0.4, -0.2) is 23.4 Å². The zero-order valence-electron chi connectivity index (χ0n) is 8.57. The van der Waals surface area contributed by atoms with E-state index in [0.717, 1.165) is 12.4 Å². The molecule has 1 aliphatic rings. The van der Waals surface area contributed by atoms with Gasteiger partial charge in [0.1, 0.15) is 0 Å². The fourth-order valence-electron chi connectivity index (χ4n) is 1.77. The molecular weight excluding hydrogens is 178 g/mol. The zero-order valence-corrected chi connectivity index (χ0v) is 8.57. The number of methoxy groups -OCH3 is 1. The predicted octanol–water partition coefficient (Wildman–Crippen LogP) is 1.12. The van der Waals surface area contributed by atoms with Gasteiger partial charge in [-0.15, -0.1) is 0 Å². The van der Waals surface area contributed by atoms with Gasteiger partial charge < -0.3 is 10.5 Å². The first-order valence-electron chi connectivity index (χ1n) is 5.17. The maximum absolute atomic E-state index is 5.50. The molecule has 4 nitrogen and oxygen atoms in total. The van der Waals surface area contributed by atoms with Crippen molar-refractivity contribution in [2.24, 2.45) is 5.73 Å². The van der Waals surface area contributed by atoms with Crippen molar-refractivity contribution >= 4 is 0 Å². The van der Waals surface area contributed by atoms with E-state index in [4.69, 9.17) is 10.5 Å². The Morgan fingerprint density at radius 3 is 2.93 bits per heavy atom. The lowest BCUT2D eigenvalue weighted by Gasteiger charge is -2.22. The third-order valence-electron chi connectivity index (χ3n) is 2.84. The molecular formula is C10H17N3O. The molecule has 0 aliphatic heterocycles. The van der Waals surface area contributed by atoms with Crippen LogP contribution in [0.3, 0.4) is 0 Å². The lowest BCUT2D eigenvalue weighted by Crippen LogP contribution is -2.14. The molecule has 14 heavy (non-hydrogen) atoms. The van der Waals surface area contributed by atoms with Crippen molar-refractivity contribution in [2.75, 3.05) is 13.7 Å². The quantitative estimate of drug-likeness (QED) is 0.783. The third-order valence-corrected chi connectivity index (χ3v) is 2.84. The summed E-state index contributed by atoms with van der Waals surface area (Å²) in [6.07, 6.45) is 3.86. The highest BCUT2D eigenvalue weighted by Crippen LogP contribution is 2.36. The molecule has 1 saturated carbocycles. The summed E-state index contributed by atoms with van der Waals surface area (Å²) in [6.45, 7) is 1.33. The van der Waals surface area contributed by atoms with Gasteiger partial charge in [-0.25, -0.2) is 4.68 Å². The number of aromatic nitrogens is 2. The van der Waals surface area contributed by atoms with E-state index in [1.165, 1.54) is 25.0 Å². The second kappa shape index (κ2) is 4.00. The van der Waals surface area contributed by atoms with Crippen LogP contribution in [0.5, 0.6) is 5.88 Å². The standard InChI is InChI=1S/C10H17N3O/c1-14-10-7-9(8-3-2-4-8)12-13(10)6-5-11/h7-8H,2-6,11H2,1H3. The van der Waals surface area contributed by atoms with Gasteiger partial charge in [0.2, 0.25) is 5.88 Å². The molecule has 0 bridgehead atoms. The Balaban J connectivity index is 2.16. The van der Waals surface area contributed by atoms with Crippen molar-refractivity contribution in [3.63, 3.8) is 0 Å². The van der Waals surface area contributed by atoms with Gasteiger partial charge in [-0.05, 0) is 12.8 Å². The Morgan fingerprint density at radius 1 is 1.64 bits per heavy atom. The van der Waals surface area contributed by atoms with Gasteiger partial charge in [-0.3, -0.25) is 0 Å². The van der Waals surface area contributed by atoms with E-state index in [9.17, 15) is 0 Å². The molecule has 1 aliphatic carbocycles. The summed E-state index contributed by atoms with van der Waals surface area (Å²) in [4.78, 5) is 0. The first kappa shape index (κ1) is 9.52. The van der Waals surface area contributed by atoms with Crippen molar-refractivity contribution in [1.29, 1.82) is 0 Å². The van der Waals surface area contributed by atoms with Gasteiger partial charge in [0.15, 0.2) is 0 Å².